The van der Waals surface area contributed by atoms with Crippen LogP contribution in [0.5, 0.6) is 0 Å². The van der Waals surface area contributed by atoms with Crippen LogP contribution < -0.4 is 0 Å². The smallest absolute Gasteiger partial charge is 0.0521 e. The number of halogens is 1. The Kier molecular flexibility index (Phi) is 4.08. The second-order valence-corrected chi connectivity index (χ2v) is 5.21. The topological polar surface area (TPSA) is 0 Å². The van der Waals surface area contributed by atoms with Gasteiger partial charge in [0.2, 0.25) is 0 Å². The zero-order valence-electron chi connectivity index (χ0n) is 9.61. The van der Waals surface area contributed by atoms with Crippen molar-refractivity contribution in [1.82, 2.24) is 0 Å². The minimum absolute atomic E-state index is 0.903. The fourth-order valence-electron chi connectivity index (χ4n) is 1.66. The zero-order chi connectivity index (χ0) is 12.3. The molecule has 0 heterocycles. The molecule has 86 valence electrons. The molecule has 0 atom stereocenters. The van der Waals surface area contributed by atoms with Gasteiger partial charge in [-0.05, 0) is 35.2 Å². The minimum Gasteiger partial charge on any atom is -0.0788 e. The first-order valence-electron chi connectivity index (χ1n) is 5.60. The molecule has 0 N–H and O–H groups in total. The van der Waals surface area contributed by atoms with Gasteiger partial charge in [-0.1, -0.05) is 71.5 Å². The lowest BCUT2D eigenvalue weighted by Crippen LogP contribution is -1.99. The predicted octanol–water partition coefficient (Wildman–Crippen LogP) is 4.78. The molecule has 2 heteroatoms. The Morgan fingerprint density at radius 2 is 1.41 bits per heavy atom. The lowest BCUT2D eigenvalue weighted by Gasteiger charge is -2.05. The molecule has 0 unspecified atom stereocenters. The fourth-order valence-corrected chi connectivity index (χ4v) is 2.20. The van der Waals surface area contributed by atoms with E-state index in [0.29, 0.717) is 0 Å². The van der Waals surface area contributed by atoms with Crippen LogP contribution in [0.3, 0.4) is 0 Å². The van der Waals surface area contributed by atoms with Crippen LogP contribution in [0.25, 0.3) is 0 Å². The van der Waals surface area contributed by atoms with Gasteiger partial charge in [-0.25, -0.2) is 0 Å². The van der Waals surface area contributed by atoms with Crippen molar-refractivity contribution in [3.8, 4) is 0 Å². The summed E-state index contributed by atoms with van der Waals surface area (Å²) >= 11 is 8.92. The lowest BCUT2D eigenvalue weighted by atomic mass is 10.0. The van der Waals surface area contributed by atoms with Gasteiger partial charge in [0, 0.05) is 4.47 Å². The van der Waals surface area contributed by atoms with Crippen molar-refractivity contribution in [2.24, 2.45) is 0 Å². The summed E-state index contributed by atoms with van der Waals surface area (Å²) in [4.78, 5) is 0.903. The van der Waals surface area contributed by atoms with Gasteiger partial charge in [0.25, 0.3) is 0 Å². The maximum absolute atomic E-state index is 5.49. The Balaban J connectivity index is 2.27. The average molecular weight is 305 g/mol. The first kappa shape index (κ1) is 12.5. The summed E-state index contributed by atoms with van der Waals surface area (Å²) in [6, 6.07) is 16.6. The summed E-state index contributed by atoms with van der Waals surface area (Å²) in [5.74, 6) is 0. The van der Waals surface area contributed by atoms with Crippen molar-refractivity contribution in [3.63, 3.8) is 0 Å². The van der Waals surface area contributed by atoms with E-state index in [2.05, 4.69) is 47.1 Å². The number of hydrogen-bond acceptors (Lipinski definition) is 1. The van der Waals surface area contributed by atoms with Gasteiger partial charge in [0.1, 0.15) is 0 Å². The second kappa shape index (κ2) is 5.56. The molecular weight excluding hydrogens is 292 g/mol. The average Bonchev–Trinajstić information content (AvgIpc) is 2.39. The number of rotatable bonds is 3. The highest BCUT2D eigenvalue weighted by atomic mass is 79.9. The molecule has 0 spiro atoms. The summed E-state index contributed by atoms with van der Waals surface area (Å²) < 4.78 is 1.07. The normalized spacial score (nSPS) is 10.2. The van der Waals surface area contributed by atoms with Gasteiger partial charge < -0.3 is 0 Å². The fraction of sp³-hybridized carbons (Fsp3) is 0.133. The Bertz CT molecular complexity index is 512. The van der Waals surface area contributed by atoms with Crippen LogP contribution in [-0.2, 0) is 6.42 Å². The third-order valence-corrected chi connectivity index (χ3v) is 3.73. The van der Waals surface area contributed by atoms with Crippen molar-refractivity contribution >= 4 is 33.0 Å². The molecule has 0 aliphatic rings. The Morgan fingerprint density at radius 1 is 0.941 bits per heavy atom. The molecule has 0 aliphatic carbocycles. The molecule has 0 fully saturated rings. The molecule has 0 saturated heterocycles. The molecule has 17 heavy (non-hydrogen) atoms. The highest BCUT2D eigenvalue weighted by Gasteiger charge is 2.04. The predicted molar refractivity (Wildman–Crippen MR) is 80.8 cm³/mol. The highest BCUT2D eigenvalue weighted by Crippen LogP contribution is 2.16. The van der Waals surface area contributed by atoms with E-state index in [1.165, 1.54) is 5.56 Å². The van der Waals surface area contributed by atoms with Crippen LogP contribution in [0, 0.1) is 0 Å². The van der Waals surface area contributed by atoms with Crippen LogP contribution in [0.4, 0.5) is 0 Å². The Morgan fingerprint density at radius 3 is 1.88 bits per heavy atom. The van der Waals surface area contributed by atoms with E-state index < -0.39 is 0 Å². The first-order chi connectivity index (χ1) is 8.20. The minimum atomic E-state index is 0.903. The molecule has 0 aliphatic heterocycles. The monoisotopic (exact) mass is 304 g/mol. The van der Waals surface area contributed by atoms with Crippen LogP contribution in [0.2, 0.25) is 0 Å². The standard InChI is InChI=1S/C15H13BrS/c1-2-11-3-5-12(6-4-11)15(17)13-7-9-14(16)10-8-13/h3-10H,2H2,1H3. The van der Waals surface area contributed by atoms with E-state index in [4.69, 9.17) is 12.2 Å². The van der Waals surface area contributed by atoms with Gasteiger partial charge in [0.15, 0.2) is 0 Å². The lowest BCUT2D eigenvalue weighted by molar-refractivity contribution is 1.14. The molecule has 2 aromatic rings. The van der Waals surface area contributed by atoms with Crippen molar-refractivity contribution in [2.75, 3.05) is 0 Å². The number of hydrogen-bond donors (Lipinski definition) is 0. The summed E-state index contributed by atoms with van der Waals surface area (Å²) in [7, 11) is 0. The molecule has 0 nitrogen and oxygen atoms in total. The second-order valence-electron chi connectivity index (χ2n) is 3.89. The van der Waals surface area contributed by atoms with Crippen LogP contribution in [0.1, 0.15) is 23.6 Å². The third kappa shape index (κ3) is 3.02. The van der Waals surface area contributed by atoms with E-state index in [-0.39, 0.29) is 0 Å². The van der Waals surface area contributed by atoms with E-state index in [1.54, 1.807) is 0 Å². The molecule has 0 radical (unpaired) electrons. The van der Waals surface area contributed by atoms with Crippen molar-refractivity contribution < 1.29 is 0 Å². The molecule has 0 saturated carbocycles. The Hall–Kier alpha value is -0.990. The van der Waals surface area contributed by atoms with Crippen LogP contribution in [-0.4, -0.2) is 4.86 Å². The van der Waals surface area contributed by atoms with Gasteiger partial charge in [0.05, 0.1) is 4.86 Å². The summed E-state index contributed by atoms with van der Waals surface area (Å²) in [6.07, 6.45) is 1.06. The van der Waals surface area contributed by atoms with E-state index in [0.717, 1.165) is 26.9 Å². The summed E-state index contributed by atoms with van der Waals surface area (Å²) in [6.45, 7) is 2.15. The van der Waals surface area contributed by atoms with Crippen molar-refractivity contribution in [2.45, 2.75) is 13.3 Å². The largest absolute Gasteiger partial charge is 0.0788 e. The number of aryl methyl sites for hydroxylation is 1. The summed E-state index contributed by atoms with van der Waals surface area (Å²) in [5.41, 5.74) is 3.54. The highest BCUT2D eigenvalue weighted by molar-refractivity contribution is 9.10. The molecular formula is C15H13BrS. The third-order valence-electron chi connectivity index (χ3n) is 2.73. The maximum atomic E-state index is 5.49. The van der Waals surface area contributed by atoms with E-state index in [9.17, 15) is 0 Å². The van der Waals surface area contributed by atoms with Crippen molar-refractivity contribution in [3.05, 3.63) is 69.7 Å². The molecule has 0 aromatic heterocycles. The van der Waals surface area contributed by atoms with Gasteiger partial charge in [-0.3, -0.25) is 0 Å². The van der Waals surface area contributed by atoms with Gasteiger partial charge >= 0.3 is 0 Å². The molecule has 2 rings (SSSR count). The number of benzene rings is 2. The van der Waals surface area contributed by atoms with Gasteiger partial charge in [-0.2, -0.15) is 0 Å². The first-order valence-corrected chi connectivity index (χ1v) is 6.80. The Labute approximate surface area is 116 Å². The SMILES string of the molecule is CCc1ccc(C(=S)c2ccc(Br)cc2)cc1. The quantitative estimate of drug-likeness (QED) is 0.581. The van der Waals surface area contributed by atoms with E-state index >= 15 is 0 Å². The van der Waals surface area contributed by atoms with Gasteiger partial charge in [-0.15, -0.1) is 0 Å². The van der Waals surface area contributed by atoms with E-state index in [1.807, 2.05) is 24.3 Å². The molecule has 0 amide bonds. The maximum Gasteiger partial charge on any atom is 0.0521 e. The van der Waals surface area contributed by atoms with Crippen LogP contribution >= 0.6 is 28.1 Å². The molecule has 2 aromatic carbocycles. The summed E-state index contributed by atoms with van der Waals surface area (Å²) in [5, 5.41) is 0. The molecule has 0 bridgehead atoms. The van der Waals surface area contributed by atoms with Crippen molar-refractivity contribution in [1.29, 1.82) is 0 Å². The van der Waals surface area contributed by atoms with Crippen LogP contribution in [0.15, 0.2) is 53.0 Å². The number of thiocarbonyl (C=S) groups is 1. The zero-order valence-corrected chi connectivity index (χ0v) is 12.0.